The number of benzene rings is 1. The number of nitrogens with one attached hydrogen (secondary N) is 1. The second-order valence-corrected chi connectivity index (χ2v) is 9.01. The normalized spacial score (nSPS) is 15.3. The number of hydrogen-bond acceptors (Lipinski definition) is 4. The van der Waals surface area contributed by atoms with Crippen LogP contribution in [0.2, 0.25) is 0 Å². The fourth-order valence-electron chi connectivity index (χ4n) is 3.65. The molecule has 3 rings (SSSR count). The number of pyridine rings is 1. The van der Waals surface area contributed by atoms with Crippen LogP contribution in [0.25, 0.3) is 0 Å². The van der Waals surface area contributed by atoms with Crippen LogP contribution in [-0.4, -0.2) is 35.5 Å². The SMILES string of the molecule is CC(C)(C)CC(NCc1ccc(OCC(=O)N2CCCC2)cc1)c1cccnc1. The molecule has 2 aromatic rings. The zero-order valence-corrected chi connectivity index (χ0v) is 17.9. The number of amides is 1. The second-order valence-electron chi connectivity index (χ2n) is 9.01. The highest BCUT2D eigenvalue weighted by Gasteiger charge is 2.20. The summed E-state index contributed by atoms with van der Waals surface area (Å²) in [5.41, 5.74) is 2.61. The number of aromatic nitrogens is 1. The van der Waals surface area contributed by atoms with E-state index < -0.39 is 0 Å². The standard InChI is InChI=1S/C24H33N3O2/c1-24(2,3)15-22(20-7-6-12-25-17-20)26-16-19-8-10-21(11-9-19)29-18-23(28)27-13-4-5-14-27/h6-12,17,22,26H,4-5,13-16,18H2,1-3H3. The summed E-state index contributed by atoms with van der Waals surface area (Å²) in [6.07, 6.45) is 6.98. The maximum atomic E-state index is 12.1. The van der Waals surface area contributed by atoms with Gasteiger partial charge >= 0.3 is 0 Å². The van der Waals surface area contributed by atoms with E-state index in [1.165, 1.54) is 11.1 Å². The molecule has 5 nitrogen and oxygen atoms in total. The van der Waals surface area contributed by atoms with Crippen LogP contribution in [0.15, 0.2) is 48.8 Å². The Bertz CT molecular complexity index is 763. The molecule has 5 heteroatoms. The molecule has 1 atom stereocenters. The molecule has 0 radical (unpaired) electrons. The van der Waals surface area contributed by atoms with Gasteiger partial charge in [-0.15, -0.1) is 0 Å². The van der Waals surface area contributed by atoms with Crippen LogP contribution < -0.4 is 10.1 Å². The molecule has 1 saturated heterocycles. The van der Waals surface area contributed by atoms with Gasteiger partial charge < -0.3 is 15.0 Å². The van der Waals surface area contributed by atoms with E-state index in [0.717, 1.165) is 44.6 Å². The van der Waals surface area contributed by atoms with Gasteiger partial charge in [0.15, 0.2) is 6.61 Å². The van der Waals surface area contributed by atoms with Crippen molar-refractivity contribution in [3.05, 3.63) is 59.9 Å². The van der Waals surface area contributed by atoms with E-state index in [-0.39, 0.29) is 24.0 Å². The molecule has 1 aromatic carbocycles. The lowest BCUT2D eigenvalue weighted by Gasteiger charge is -2.27. The summed E-state index contributed by atoms with van der Waals surface area (Å²) in [4.78, 5) is 18.3. The van der Waals surface area contributed by atoms with Crippen molar-refractivity contribution in [1.29, 1.82) is 0 Å². The van der Waals surface area contributed by atoms with Gasteiger partial charge in [-0.05, 0) is 54.0 Å². The summed E-state index contributed by atoms with van der Waals surface area (Å²) in [5, 5.41) is 3.67. The van der Waals surface area contributed by atoms with E-state index in [4.69, 9.17) is 4.74 Å². The minimum absolute atomic E-state index is 0.0785. The molecule has 1 N–H and O–H groups in total. The van der Waals surface area contributed by atoms with Gasteiger partial charge in [-0.2, -0.15) is 0 Å². The number of carbonyl (C=O) groups is 1. The average molecular weight is 396 g/mol. The van der Waals surface area contributed by atoms with Gasteiger partial charge in [0.1, 0.15) is 5.75 Å². The van der Waals surface area contributed by atoms with Crippen molar-refractivity contribution in [3.63, 3.8) is 0 Å². The molecule has 0 spiro atoms. The number of nitrogens with zero attached hydrogens (tertiary/aromatic N) is 2. The Labute approximate surface area is 174 Å². The van der Waals surface area contributed by atoms with Gasteiger partial charge in [-0.3, -0.25) is 9.78 Å². The number of rotatable bonds is 8. The summed E-state index contributed by atoms with van der Waals surface area (Å²) in [6.45, 7) is 9.38. The Morgan fingerprint density at radius 2 is 1.90 bits per heavy atom. The van der Waals surface area contributed by atoms with E-state index in [1.54, 1.807) is 0 Å². The third-order valence-electron chi connectivity index (χ3n) is 5.20. The summed E-state index contributed by atoms with van der Waals surface area (Å²) in [6, 6.07) is 12.4. The lowest BCUT2D eigenvalue weighted by atomic mass is 9.86. The molecule has 2 heterocycles. The number of hydrogen-bond donors (Lipinski definition) is 1. The number of ether oxygens (including phenoxy) is 1. The molecule has 29 heavy (non-hydrogen) atoms. The molecular weight excluding hydrogens is 362 g/mol. The molecular formula is C24H33N3O2. The number of carbonyl (C=O) groups excluding carboxylic acids is 1. The van der Waals surface area contributed by atoms with Crippen LogP contribution in [0.5, 0.6) is 5.75 Å². The van der Waals surface area contributed by atoms with Crippen molar-refractivity contribution in [2.24, 2.45) is 5.41 Å². The maximum Gasteiger partial charge on any atom is 0.260 e. The van der Waals surface area contributed by atoms with Gasteiger partial charge in [-0.25, -0.2) is 0 Å². The van der Waals surface area contributed by atoms with Crippen LogP contribution in [0.4, 0.5) is 0 Å². The Morgan fingerprint density at radius 1 is 1.17 bits per heavy atom. The molecule has 1 aliphatic heterocycles. The molecule has 0 bridgehead atoms. The van der Waals surface area contributed by atoms with Crippen molar-refractivity contribution in [2.75, 3.05) is 19.7 Å². The van der Waals surface area contributed by atoms with Gasteiger partial charge in [0, 0.05) is 38.1 Å². The van der Waals surface area contributed by atoms with Crippen LogP contribution in [0, 0.1) is 5.41 Å². The minimum Gasteiger partial charge on any atom is -0.484 e. The van der Waals surface area contributed by atoms with Gasteiger partial charge in [0.2, 0.25) is 0 Å². The molecule has 156 valence electrons. The molecule has 1 aromatic heterocycles. The Kier molecular flexibility index (Phi) is 7.26. The van der Waals surface area contributed by atoms with Crippen LogP contribution in [0.3, 0.4) is 0 Å². The summed E-state index contributed by atoms with van der Waals surface area (Å²) in [5.74, 6) is 0.814. The Balaban J connectivity index is 1.53. The smallest absolute Gasteiger partial charge is 0.260 e. The van der Waals surface area contributed by atoms with Crippen molar-refractivity contribution in [1.82, 2.24) is 15.2 Å². The Hall–Kier alpha value is -2.40. The molecule has 1 fully saturated rings. The molecule has 0 saturated carbocycles. The third kappa shape index (κ3) is 6.86. The first-order chi connectivity index (χ1) is 13.9. The van der Waals surface area contributed by atoms with Crippen molar-refractivity contribution < 1.29 is 9.53 Å². The highest BCUT2D eigenvalue weighted by atomic mass is 16.5. The summed E-state index contributed by atoms with van der Waals surface area (Å²) < 4.78 is 5.68. The van der Waals surface area contributed by atoms with Crippen LogP contribution in [0.1, 0.15) is 57.2 Å². The van der Waals surface area contributed by atoms with Gasteiger partial charge in [-0.1, -0.05) is 39.0 Å². The van der Waals surface area contributed by atoms with E-state index in [2.05, 4.69) is 49.3 Å². The quantitative estimate of drug-likeness (QED) is 0.722. The fourth-order valence-corrected chi connectivity index (χ4v) is 3.65. The lowest BCUT2D eigenvalue weighted by Crippen LogP contribution is -2.32. The minimum atomic E-state index is 0.0785. The summed E-state index contributed by atoms with van der Waals surface area (Å²) >= 11 is 0. The van der Waals surface area contributed by atoms with Crippen LogP contribution >= 0.6 is 0 Å². The lowest BCUT2D eigenvalue weighted by molar-refractivity contribution is -0.132. The van der Waals surface area contributed by atoms with Crippen molar-refractivity contribution in [3.8, 4) is 5.75 Å². The Morgan fingerprint density at radius 3 is 2.52 bits per heavy atom. The second kappa shape index (κ2) is 9.88. The third-order valence-corrected chi connectivity index (χ3v) is 5.20. The van der Waals surface area contributed by atoms with E-state index in [1.807, 2.05) is 35.5 Å². The average Bonchev–Trinajstić information content (AvgIpc) is 3.25. The summed E-state index contributed by atoms with van der Waals surface area (Å²) in [7, 11) is 0. The highest BCUT2D eigenvalue weighted by Crippen LogP contribution is 2.29. The largest absolute Gasteiger partial charge is 0.484 e. The van der Waals surface area contributed by atoms with Gasteiger partial charge in [0.05, 0.1) is 0 Å². The van der Waals surface area contributed by atoms with Crippen molar-refractivity contribution in [2.45, 2.75) is 52.6 Å². The predicted molar refractivity (Wildman–Crippen MR) is 116 cm³/mol. The first-order valence-corrected chi connectivity index (χ1v) is 10.5. The van der Waals surface area contributed by atoms with E-state index in [0.29, 0.717) is 0 Å². The molecule has 1 amide bonds. The highest BCUT2D eigenvalue weighted by molar-refractivity contribution is 5.78. The zero-order valence-electron chi connectivity index (χ0n) is 17.9. The zero-order chi connectivity index (χ0) is 20.7. The number of likely N-dealkylation sites (tertiary alicyclic amines) is 1. The molecule has 1 aliphatic rings. The monoisotopic (exact) mass is 395 g/mol. The first kappa shape index (κ1) is 21.3. The van der Waals surface area contributed by atoms with E-state index in [9.17, 15) is 4.79 Å². The van der Waals surface area contributed by atoms with E-state index >= 15 is 0 Å². The van der Waals surface area contributed by atoms with Crippen molar-refractivity contribution >= 4 is 5.91 Å². The van der Waals surface area contributed by atoms with Crippen LogP contribution in [-0.2, 0) is 11.3 Å². The fraction of sp³-hybridized carbons (Fsp3) is 0.500. The maximum absolute atomic E-state index is 12.1. The first-order valence-electron chi connectivity index (χ1n) is 10.5. The van der Waals surface area contributed by atoms with Gasteiger partial charge in [0.25, 0.3) is 5.91 Å². The molecule has 0 aliphatic carbocycles. The predicted octanol–water partition coefficient (Wildman–Crippen LogP) is 4.35. The molecule has 1 unspecified atom stereocenters. The topological polar surface area (TPSA) is 54.5 Å².